The zero-order chi connectivity index (χ0) is 27.8. The van der Waals surface area contributed by atoms with E-state index in [0.717, 1.165) is 18.8 Å². The van der Waals surface area contributed by atoms with E-state index in [4.69, 9.17) is 19.9 Å². The minimum absolute atomic E-state index is 0.00175. The standard InChI is InChI=1S/C30H49FN2O5/c1-18(2)21(11-20-7-8-26(31)29(12-20)38-10-6-9-36-5)13-27(32)28(34)14-22(19(3)4)30(35)33-15-23-24-16-37-17-25(23)24/h7-8,12,18-19,21-25,27-28,34H,6,9-11,13-17,32H2,1-5H3,(H,33,35)/t21?,22-,23?,24-,25+,27-,28?/m0/s1. The van der Waals surface area contributed by atoms with Crippen LogP contribution in [0.2, 0.25) is 0 Å². The topological polar surface area (TPSA) is 103 Å². The van der Waals surface area contributed by atoms with Crippen LogP contribution >= 0.6 is 0 Å². The van der Waals surface area contributed by atoms with Gasteiger partial charge in [-0.2, -0.15) is 0 Å². The van der Waals surface area contributed by atoms with E-state index >= 15 is 0 Å². The molecule has 7 nitrogen and oxygen atoms in total. The Kier molecular flexibility index (Phi) is 11.8. The molecule has 0 spiro atoms. The highest BCUT2D eigenvalue weighted by Crippen LogP contribution is 2.50. The number of aliphatic hydroxyl groups is 1. The average molecular weight is 537 g/mol. The molecule has 0 bridgehead atoms. The van der Waals surface area contributed by atoms with E-state index in [9.17, 15) is 14.3 Å². The van der Waals surface area contributed by atoms with Crippen molar-refractivity contribution >= 4 is 5.91 Å². The molecule has 1 aliphatic heterocycles. The van der Waals surface area contributed by atoms with Crippen LogP contribution in [0.1, 0.15) is 52.5 Å². The highest BCUT2D eigenvalue weighted by molar-refractivity contribution is 5.79. The van der Waals surface area contributed by atoms with Crippen LogP contribution in [0.25, 0.3) is 0 Å². The summed E-state index contributed by atoms with van der Waals surface area (Å²) in [6.45, 7) is 11.6. The lowest BCUT2D eigenvalue weighted by molar-refractivity contribution is -0.127. The van der Waals surface area contributed by atoms with E-state index < -0.39 is 12.1 Å². The number of aliphatic hydroxyl groups excluding tert-OH is 1. The first-order valence-corrected chi connectivity index (χ1v) is 14.3. The van der Waals surface area contributed by atoms with Crippen molar-refractivity contribution in [3.63, 3.8) is 0 Å². The first-order chi connectivity index (χ1) is 18.1. The van der Waals surface area contributed by atoms with Gasteiger partial charge in [0.1, 0.15) is 0 Å². The molecular weight excluding hydrogens is 487 g/mol. The zero-order valence-electron chi connectivity index (χ0n) is 23.8. The maximum Gasteiger partial charge on any atom is 0.223 e. The molecule has 0 radical (unpaired) electrons. The van der Waals surface area contributed by atoms with Crippen LogP contribution in [0.4, 0.5) is 4.39 Å². The van der Waals surface area contributed by atoms with Gasteiger partial charge in [-0.1, -0.05) is 33.8 Å². The van der Waals surface area contributed by atoms with Crippen molar-refractivity contribution in [1.29, 1.82) is 0 Å². The summed E-state index contributed by atoms with van der Waals surface area (Å²) < 4.78 is 30.3. The number of benzene rings is 1. The molecule has 0 aromatic heterocycles. The molecule has 1 aliphatic carbocycles. The van der Waals surface area contributed by atoms with Gasteiger partial charge in [-0.3, -0.25) is 4.79 Å². The largest absolute Gasteiger partial charge is 0.490 e. The molecule has 216 valence electrons. The van der Waals surface area contributed by atoms with E-state index in [1.807, 2.05) is 13.8 Å². The van der Waals surface area contributed by atoms with E-state index in [2.05, 4.69) is 19.2 Å². The monoisotopic (exact) mass is 536 g/mol. The molecule has 3 rings (SSSR count). The number of fused-ring (bicyclic) bond motifs is 1. The van der Waals surface area contributed by atoms with E-state index in [1.54, 1.807) is 19.2 Å². The van der Waals surface area contributed by atoms with Gasteiger partial charge in [0.2, 0.25) is 5.91 Å². The Labute approximate surface area is 228 Å². The van der Waals surface area contributed by atoms with Crippen LogP contribution in [0.5, 0.6) is 5.75 Å². The lowest BCUT2D eigenvalue weighted by atomic mass is 9.81. The van der Waals surface area contributed by atoms with Gasteiger partial charge in [0, 0.05) is 38.6 Å². The molecule has 7 atom stereocenters. The number of amides is 1. The van der Waals surface area contributed by atoms with Gasteiger partial charge in [-0.15, -0.1) is 0 Å². The summed E-state index contributed by atoms with van der Waals surface area (Å²) in [5.41, 5.74) is 7.48. The second-order valence-electron chi connectivity index (χ2n) is 12.0. The number of nitrogens with two attached hydrogens (primary N) is 1. The van der Waals surface area contributed by atoms with Crippen molar-refractivity contribution < 1.29 is 28.5 Å². The summed E-state index contributed by atoms with van der Waals surface area (Å²) >= 11 is 0. The molecule has 1 heterocycles. The number of carbonyl (C=O) groups excluding carboxylic acids is 1. The fourth-order valence-corrected chi connectivity index (χ4v) is 5.70. The average Bonchev–Trinajstić information content (AvgIpc) is 3.29. The summed E-state index contributed by atoms with van der Waals surface area (Å²) in [5.74, 6) is 1.90. The molecule has 4 N–H and O–H groups in total. The lowest BCUT2D eigenvalue weighted by Gasteiger charge is -2.30. The van der Waals surface area contributed by atoms with Crippen LogP contribution in [0.15, 0.2) is 18.2 Å². The minimum Gasteiger partial charge on any atom is -0.490 e. The Balaban J connectivity index is 1.52. The number of rotatable bonds is 17. The van der Waals surface area contributed by atoms with Crippen LogP contribution < -0.4 is 15.8 Å². The van der Waals surface area contributed by atoms with Crippen molar-refractivity contribution in [1.82, 2.24) is 5.32 Å². The quantitative estimate of drug-likeness (QED) is 0.262. The molecule has 38 heavy (non-hydrogen) atoms. The fourth-order valence-electron chi connectivity index (χ4n) is 5.70. The third-order valence-electron chi connectivity index (χ3n) is 8.53. The molecule has 1 amide bonds. The van der Waals surface area contributed by atoms with Crippen LogP contribution in [0, 0.1) is 47.2 Å². The first kappa shape index (κ1) is 30.8. The molecule has 2 aliphatic rings. The zero-order valence-corrected chi connectivity index (χ0v) is 23.8. The van der Waals surface area contributed by atoms with Gasteiger partial charge in [0.05, 0.1) is 25.9 Å². The first-order valence-electron chi connectivity index (χ1n) is 14.3. The molecule has 1 saturated carbocycles. The normalized spacial score (nSPS) is 23.7. The van der Waals surface area contributed by atoms with Gasteiger partial charge >= 0.3 is 0 Å². The third kappa shape index (κ3) is 8.63. The maximum atomic E-state index is 14.3. The van der Waals surface area contributed by atoms with E-state index in [-0.39, 0.29) is 35.2 Å². The van der Waals surface area contributed by atoms with Gasteiger partial charge in [-0.05, 0) is 72.5 Å². The smallest absolute Gasteiger partial charge is 0.223 e. The predicted molar refractivity (Wildman–Crippen MR) is 146 cm³/mol. The van der Waals surface area contributed by atoms with Crippen LogP contribution in [-0.4, -0.2) is 63.2 Å². The van der Waals surface area contributed by atoms with Gasteiger partial charge in [0.25, 0.3) is 0 Å². The number of nitrogens with one attached hydrogen (secondary N) is 1. The van der Waals surface area contributed by atoms with Crippen LogP contribution in [-0.2, 0) is 20.7 Å². The Morgan fingerprint density at radius 1 is 1.16 bits per heavy atom. The molecular formula is C30H49FN2O5. The van der Waals surface area contributed by atoms with Crippen molar-refractivity contribution in [2.45, 2.75) is 65.5 Å². The third-order valence-corrected chi connectivity index (χ3v) is 8.53. The highest BCUT2D eigenvalue weighted by atomic mass is 19.1. The summed E-state index contributed by atoms with van der Waals surface area (Å²) in [5, 5.41) is 14.1. The Bertz CT molecular complexity index is 872. The molecule has 1 aromatic rings. The Hall–Kier alpha value is -1.74. The van der Waals surface area contributed by atoms with E-state index in [1.165, 1.54) is 6.07 Å². The molecule has 3 unspecified atom stereocenters. The molecule has 1 saturated heterocycles. The second-order valence-corrected chi connectivity index (χ2v) is 12.0. The number of methoxy groups -OCH3 is 1. The Morgan fingerprint density at radius 2 is 1.87 bits per heavy atom. The van der Waals surface area contributed by atoms with Crippen molar-refractivity contribution in [3.05, 3.63) is 29.6 Å². The minimum atomic E-state index is -0.781. The van der Waals surface area contributed by atoms with Crippen molar-refractivity contribution in [3.8, 4) is 5.75 Å². The van der Waals surface area contributed by atoms with Gasteiger partial charge < -0.3 is 30.4 Å². The Morgan fingerprint density at radius 3 is 2.50 bits per heavy atom. The lowest BCUT2D eigenvalue weighted by Crippen LogP contribution is -2.43. The summed E-state index contributed by atoms with van der Waals surface area (Å²) in [6, 6.07) is 4.54. The van der Waals surface area contributed by atoms with E-state index in [0.29, 0.717) is 69.1 Å². The van der Waals surface area contributed by atoms with Gasteiger partial charge in [0.15, 0.2) is 11.6 Å². The highest BCUT2D eigenvalue weighted by Gasteiger charge is 2.53. The molecule has 1 aromatic carbocycles. The number of ether oxygens (including phenoxy) is 3. The molecule has 2 fully saturated rings. The van der Waals surface area contributed by atoms with Crippen molar-refractivity contribution in [2.75, 3.05) is 40.1 Å². The number of carbonyl (C=O) groups is 1. The van der Waals surface area contributed by atoms with Crippen molar-refractivity contribution in [2.24, 2.45) is 47.2 Å². The predicted octanol–water partition coefficient (Wildman–Crippen LogP) is 3.80. The fraction of sp³-hybridized carbons (Fsp3) is 0.767. The van der Waals surface area contributed by atoms with Crippen LogP contribution in [0.3, 0.4) is 0 Å². The van der Waals surface area contributed by atoms with Gasteiger partial charge in [-0.25, -0.2) is 4.39 Å². The SMILES string of the molecule is COCCCOc1cc(CC(C[C@H](N)C(O)C[C@H](C(=O)NCC2[C@H]3COC[C@@H]23)C(C)C)C(C)C)ccc1F. The summed E-state index contributed by atoms with van der Waals surface area (Å²) in [7, 11) is 1.63. The molecule has 8 heteroatoms. The number of hydrogen-bond donors (Lipinski definition) is 3. The number of halogens is 1. The second kappa shape index (κ2) is 14.6. The summed E-state index contributed by atoms with van der Waals surface area (Å²) in [4.78, 5) is 13.0. The summed E-state index contributed by atoms with van der Waals surface area (Å²) in [6.07, 6.45) is 1.56. The number of hydrogen-bond acceptors (Lipinski definition) is 6. The maximum absolute atomic E-state index is 14.3.